The second kappa shape index (κ2) is 5.35. The Balaban J connectivity index is 1.79. The van der Waals surface area contributed by atoms with Gasteiger partial charge in [0.2, 0.25) is 0 Å². The van der Waals surface area contributed by atoms with Crippen LogP contribution in [0.1, 0.15) is 17.1 Å². The molecule has 0 amide bonds. The molecule has 0 radical (unpaired) electrons. The van der Waals surface area contributed by atoms with E-state index >= 15 is 0 Å². The molecule has 1 aliphatic rings. The average Bonchev–Trinajstić information content (AvgIpc) is 2.75. The molecule has 1 aromatic carbocycles. The zero-order chi connectivity index (χ0) is 13.2. The molecule has 0 atom stereocenters. The number of imidazole rings is 1. The molecule has 0 fully saturated rings. The maximum absolute atomic E-state index is 5.88. The monoisotopic (exact) mass is 321 g/mol. The second-order valence-corrected chi connectivity index (χ2v) is 5.40. The van der Waals surface area contributed by atoms with E-state index in [4.69, 9.17) is 4.74 Å². The van der Waals surface area contributed by atoms with Gasteiger partial charge in [-0.2, -0.15) is 0 Å². The van der Waals surface area contributed by atoms with E-state index in [1.54, 1.807) is 0 Å². The Morgan fingerprint density at radius 2 is 2.26 bits per heavy atom. The van der Waals surface area contributed by atoms with Gasteiger partial charge in [-0.25, -0.2) is 4.98 Å². The SMILES string of the molecule is Cc1ccccc1OCc1nc(Br)c2n1CCNC2. The van der Waals surface area contributed by atoms with E-state index in [-0.39, 0.29) is 0 Å². The number of nitrogens with zero attached hydrogens (tertiary/aromatic N) is 2. The van der Waals surface area contributed by atoms with Gasteiger partial charge in [0, 0.05) is 19.6 Å². The fourth-order valence-electron chi connectivity index (χ4n) is 2.31. The van der Waals surface area contributed by atoms with Gasteiger partial charge < -0.3 is 14.6 Å². The van der Waals surface area contributed by atoms with E-state index in [1.165, 1.54) is 5.69 Å². The van der Waals surface area contributed by atoms with Gasteiger partial charge in [-0.05, 0) is 34.5 Å². The number of fused-ring (bicyclic) bond motifs is 1. The van der Waals surface area contributed by atoms with Crippen molar-refractivity contribution in [2.24, 2.45) is 0 Å². The molecular weight excluding hydrogens is 306 g/mol. The highest BCUT2D eigenvalue weighted by atomic mass is 79.9. The Kier molecular flexibility index (Phi) is 3.57. The van der Waals surface area contributed by atoms with Crippen LogP contribution >= 0.6 is 15.9 Å². The number of ether oxygens (including phenoxy) is 1. The maximum atomic E-state index is 5.88. The third-order valence-corrected chi connectivity index (χ3v) is 3.99. The predicted octanol–water partition coefficient (Wildman–Crippen LogP) is 2.64. The molecule has 1 aromatic heterocycles. The van der Waals surface area contributed by atoms with Crippen LogP contribution in [-0.4, -0.2) is 16.1 Å². The third-order valence-electron chi connectivity index (χ3n) is 3.36. The van der Waals surface area contributed by atoms with Crippen molar-refractivity contribution in [1.82, 2.24) is 14.9 Å². The van der Waals surface area contributed by atoms with Crippen LogP contribution in [0, 0.1) is 6.92 Å². The molecule has 2 aromatic rings. The number of hydrogen-bond donors (Lipinski definition) is 1. The normalized spacial score (nSPS) is 14.2. The van der Waals surface area contributed by atoms with Crippen LogP contribution in [0.4, 0.5) is 0 Å². The number of aromatic nitrogens is 2. The quantitative estimate of drug-likeness (QED) is 0.944. The fourth-order valence-corrected chi connectivity index (χ4v) is 2.87. The summed E-state index contributed by atoms with van der Waals surface area (Å²) in [7, 11) is 0. The van der Waals surface area contributed by atoms with Gasteiger partial charge in [0.05, 0.1) is 5.69 Å². The van der Waals surface area contributed by atoms with Gasteiger partial charge in [0.1, 0.15) is 22.8 Å². The van der Waals surface area contributed by atoms with Gasteiger partial charge >= 0.3 is 0 Å². The molecular formula is C14H16BrN3O. The summed E-state index contributed by atoms with van der Waals surface area (Å²) in [6, 6.07) is 8.05. The summed E-state index contributed by atoms with van der Waals surface area (Å²) in [6.45, 7) is 5.34. The molecule has 0 saturated carbocycles. The number of para-hydroxylation sites is 1. The van der Waals surface area contributed by atoms with Gasteiger partial charge in [0.15, 0.2) is 0 Å². The van der Waals surface area contributed by atoms with Crippen molar-refractivity contribution < 1.29 is 4.74 Å². The Labute approximate surface area is 120 Å². The molecule has 0 saturated heterocycles. The lowest BCUT2D eigenvalue weighted by Crippen LogP contribution is -2.29. The maximum Gasteiger partial charge on any atom is 0.148 e. The van der Waals surface area contributed by atoms with Crippen LogP contribution in [-0.2, 0) is 19.7 Å². The summed E-state index contributed by atoms with van der Waals surface area (Å²) in [5, 5.41) is 3.35. The summed E-state index contributed by atoms with van der Waals surface area (Å²) in [5.41, 5.74) is 2.35. The first-order chi connectivity index (χ1) is 9.25. The van der Waals surface area contributed by atoms with Crippen LogP contribution < -0.4 is 10.1 Å². The summed E-state index contributed by atoms with van der Waals surface area (Å²) >= 11 is 3.52. The molecule has 0 bridgehead atoms. The smallest absolute Gasteiger partial charge is 0.148 e. The van der Waals surface area contributed by atoms with Gasteiger partial charge in [-0.15, -0.1) is 0 Å². The highest BCUT2D eigenvalue weighted by molar-refractivity contribution is 9.10. The average molecular weight is 322 g/mol. The van der Waals surface area contributed by atoms with Crippen molar-refractivity contribution in [2.75, 3.05) is 6.54 Å². The molecule has 100 valence electrons. The first-order valence-electron chi connectivity index (χ1n) is 6.38. The zero-order valence-corrected chi connectivity index (χ0v) is 12.4. The van der Waals surface area contributed by atoms with Crippen LogP contribution in [0.15, 0.2) is 28.9 Å². The van der Waals surface area contributed by atoms with E-state index in [1.807, 2.05) is 18.2 Å². The predicted molar refractivity (Wildman–Crippen MR) is 77.1 cm³/mol. The molecule has 0 unspecified atom stereocenters. The van der Waals surface area contributed by atoms with E-state index in [2.05, 4.69) is 43.8 Å². The molecule has 19 heavy (non-hydrogen) atoms. The number of benzene rings is 1. The lowest BCUT2D eigenvalue weighted by Gasteiger charge is -2.18. The van der Waals surface area contributed by atoms with E-state index in [9.17, 15) is 0 Å². The summed E-state index contributed by atoms with van der Waals surface area (Å²) in [5.74, 6) is 1.90. The topological polar surface area (TPSA) is 39.1 Å². The van der Waals surface area contributed by atoms with Crippen molar-refractivity contribution in [3.8, 4) is 5.75 Å². The van der Waals surface area contributed by atoms with E-state index in [0.29, 0.717) is 6.61 Å². The molecule has 5 heteroatoms. The highest BCUT2D eigenvalue weighted by Gasteiger charge is 2.18. The van der Waals surface area contributed by atoms with Gasteiger partial charge in [-0.3, -0.25) is 0 Å². The number of aryl methyl sites for hydroxylation is 1. The first kappa shape index (κ1) is 12.7. The van der Waals surface area contributed by atoms with Crippen LogP contribution in [0.5, 0.6) is 5.75 Å². The molecule has 3 rings (SSSR count). The van der Waals surface area contributed by atoms with Crippen molar-refractivity contribution in [3.05, 3.63) is 46.0 Å². The van der Waals surface area contributed by atoms with Crippen molar-refractivity contribution in [3.63, 3.8) is 0 Å². The van der Waals surface area contributed by atoms with E-state index < -0.39 is 0 Å². The number of nitrogens with one attached hydrogen (secondary N) is 1. The molecule has 2 heterocycles. The molecule has 0 aliphatic carbocycles. The summed E-state index contributed by atoms with van der Waals surface area (Å²) in [4.78, 5) is 4.55. The minimum Gasteiger partial charge on any atom is -0.485 e. The van der Waals surface area contributed by atoms with Crippen LogP contribution in [0.3, 0.4) is 0 Å². The number of hydrogen-bond acceptors (Lipinski definition) is 3. The molecule has 4 nitrogen and oxygen atoms in total. The number of halogens is 1. The second-order valence-electron chi connectivity index (χ2n) is 4.65. The van der Waals surface area contributed by atoms with Crippen molar-refractivity contribution in [1.29, 1.82) is 0 Å². The van der Waals surface area contributed by atoms with Crippen LogP contribution in [0.25, 0.3) is 0 Å². The highest BCUT2D eigenvalue weighted by Crippen LogP contribution is 2.22. The fraction of sp³-hybridized carbons (Fsp3) is 0.357. The van der Waals surface area contributed by atoms with Crippen molar-refractivity contribution >= 4 is 15.9 Å². The Morgan fingerprint density at radius 1 is 1.42 bits per heavy atom. The minimum atomic E-state index is 0.503. The summed E-state index contributed by atoms with van der Waals surface area (Å²) < 4.78 is 9.03. The van der Waals surface area contributed by atoms with E-state index in [0.717, 1.165) is 41.4 Å². The van der Waals surface area contributed by atoms with Gasteiger partial charge in [0.25, 0.3) is 0 Å². The molecule has 0 spiro atoms. The van der Waals surface area contributed by atoms with Crippen molar-refractivity contribution in [2.45, 2.75) is 26.6 Å². The Morgan fingerprint density at radius 3 is 3.11 bits per heavy atom. The molecule has 1 N–H and O–H groups in total. The largest absolute Gasteiger partial charge is 0.485 e. The van der Waals surface area contributed by atoms with Crippen LogP contribution in [0.2, 0.25) is 0 Å². The number of rotatable bonds is 3. The minimum absolute atomic E-state index is 0.503. The summed E-state index contributed by atoms with van der Waals surface area (Å²) in [6.07, 6.45) is 0. The lowest BCUT2D eigenvalue weighted by atomic mass is 10.2. The van der Waals surface area contributed by atoms with Gasteiger partial charge in [-0.1, -0.05) is 18.2 Å². The lowest BCUT2D eigenvalue weighted by molar-refractivity contribution is 0.284. The molecule has 1 aliphatic heterocycles. The first-order valence-corrected chi connectivity index (χ1v) is 7.18. The Bertz CT molecular complexity index is 594. The Hall–Kier alpha value is -1.33. The standard InChI is InChI=1S/C14H16BrN3O/c1-10-4-2-3-5-12(10)19-9-13-17-14(15)11-8-16-6-7-18(11)13/h2-5,16H,6-9H2,1H3. The zero-order valence-electron chi connectivity index (χ0n) is 10.8. The third kappa shape index (κ3) is 2.53.